The van der Waals surface area contributed by atoms with Crippen molar-refractivity contribution in [2.24, 2.45) is 0 Å². The second-order valence-electron chi connectivity index (χ2n) is 6.60. The minimum atomic E-state index is -0.316. The molecule has 1 aliphatic rings. The van der Waals surface area contributed by atoms with Crippen molar-refractivity contribution in [2.75, 3.05) is 6.54 Å². The van der Waals surface area contributed by atoms with Gasteiger partial charge in [-0.15, -0.1) is 23.1 Å². The van der Waals surface area contributed by atoms with Crippen LogP contribution in [0.3, 0.4) is 0 Å². The number of fused-ring (bicyclic) bond motifs is 3. The van der Waals surface area contributed by atoms with E-state index in [2.05, 4.69) is 11.4 Å². The minimum absolute atomic E-state index is 0.0975. The van der Waals surface area contributed by atoms with E-state index >= 15 is 0 Å². The molecule has 1 aliphatic heterocycles. The number of hydrogen-bond acceptors (Lipinski definition) is 4. The molecule has 28 heavy (non-hydrogen) atoms. The number of hydrogen-bond donors (Lipinski definition) is 1. The topological polar surface area (TPSA) is 51.1 Å². The highest BCUT2D eigenvalue weighted by Gasteiger charge is 2.29. The lowest BCUT2D eigenvalue weighted by Crippen LogP contribution is -2.32. The van der Waals surface area contributed by atoms with Crippen molar-refractivity contribution in [1.29, 1.82) is 0 Å². The molecule has 7 heteroatoms. The third-order valence-electron chi connectivity index (χ3n) is 4.73. The molecule has 0 radical (unpaired) electrons. The third kappa shape index (κ3) is 3.41. The fourth-order valence-corrected chi connectivity index (χ4v) is 6.06. The van der Waals surface area contributed by atoms with E-state index in [1.807, 2.05) is 48.1 Å². The predicted octanol–water partition coefficient (Wildman–Crippen LogP) is 5.00. The van der Waals surface area contributed by atoms with Gasteiger partial charge < -0.3 is 9.88 Å². The third-order valence-corrected chi connectivity index (χ3v) is 7.39. The Balaban J connectivity index is 2.02. The van der Waals surface area contributed by atoms with Crippen LogP contribution in [-0.2, 0) is 6.42 Å². The summed E-state index contributed by atoms with van der Waals surface area (Å²) in [5.74, 6) is -0.316. The second kappa shape index (κ2) is 7.78. The highest BCUT2D eigenvalue weighted by molar-refractivity contribution is 7.99. The largest absolute Gasteiger partial charge is 0.352 e. The number of pyridine rings is 1. The normalized spacial score (nSPS) is 15.5. The van der Waals surface area contributed by atoms with Crippen molar-refractivity contribution < 1.29 is 4.79 Å². The molecule has 1 aromatic carbocycles. The minimum Gasteiger partial charge on any atom is -0.352 e. The van der Waals surface area contributed by atoms with Crippen molar-refractivity contribution in [2.45, 2.75) is 30.4 Å². The molecule has 0 spiro atoms. The van der Waals surface area contributed by atoms with Crippen LogP contribution in [0.2, 0.25) is 5.02 Å². The van der Waals surface area contributed by atoms with Gasteiger partial charge >= 0.3 is 0 Å². The van der Waals surface area contributed by atoms with E-state index in [1.54, 1.807) is 29.2 Å². The van der Waals surface area contributed by atoms with Crippen LogP contribution in [0.5, 0.6) is 0 Å². The maximum Gasteiger partial charge on any atom is 0.257 e. The van der Waals surface area contributed by atoms with Crippen LogP contribution in [0.15, 0.2) is 51.5 Å². The van der Waals surface area contributed by atoms with Gasteiger partial charge in [0, 0.05) is 50.5 Å². The van der Waals surface area contributed by atoms with Crippen LogP contribution in [0.1, 0.15) is 38.8 Å². The van der Waals surface area contributed by atoms with Gasteiger partial charge in [-0.2, -0.15) is 0 Å². The van der Waals surface area contributed by atoms with Crippen LogP contribution in [0, 0.1) is 6.92 Å². The van der Waals surface area contributed by atoms with E-state index in [4.69, 9.17) is 11.6 Å². The number of carbonyl (C=O) groups excluding carboxylic acids is 1. The first kappa shape index (κ1) is 19.3. The van der Waals surface area contributed by atoms with Crippen LogP contribution < -0.4 is 10.7 Å². The van der Waals surface area contributed by atoms with Crippen LogP contribution >= 0.6 is 34.7 Å². The lowest BCUT2D eigenvalue weighted by Gasteiger charge is -2.19. The van der Waals surface area contributed by atoms with E-state index in [1.165, 1.54) is 4.88 Å². The second-order valence-corrected chi connectivity index (χ2v) is 9.26. The number of nitrogens with one attached hydrogen (secondary N) is 1. The lowest BCUT2D eigenvalue weighted by atomic mass is 10.0. The van der Waals surface area contributed by atoms with Gasteiger partial charge in [-0.3, -0.25) is 9.59 Å². The van der Waals surface area contributed by atoms with Gasteiger partial charge in [0.05, 0.1) is 5.69 Å². The Morgan fingerprint density at radius 2 is 2.14 bits per heavy atom. The number of amides is 1. The van der Waals surface area contributed by atoms with Crippen molar-refractivity contribution in [1.82, 2.24) is 9.88 Å². The van der Waals surface area contributed by atoms with E-state index in [-0.39, 0.29) is 22.1 Å². The van der Waals surface area contributed by atoms with Gasteiger partial charge in [-0.05, 0) is 43.5 Å². The summed E-state index contributed by atoms with van der Waals surface area (Å²) in [6.07, 6.45) is 0.584. The Hall–Kier alpha value is -2.02. The molecule has 1 atom stereocenters. The molecular weight excluding hydrogens is 412 g/mol. The summed E-state index contributed by atoms with van der Waals surface area (Å²) < 4.78 is 2.04. The molecule has 4 rings (SSSR count). The molecule has 2 aromatic heterocycles. The van der Waals surface area contributed by atoms with Gasteiger partial charge in [0.2, 0.25) is 0 Å². The molecule has 0 fully saturated rings. The number of nitrogens with zero attached hydrogens (tertiary/aromatic N) is 1. The highest BCUT2D eigenvalue weighted by atomic mass is 35.5. The summed E-state index contributed by atoms with van der Waals surface area (Å²) in [7, 11) is 0. The van der Waals surface area contributed by atoms with Gasteiger partial charge in [-0.25, -0.2) is 0 Å². The average Bonchev–Trinajstić information content (AvgIpc) is 3.11. The Bertz CT molecular complexity index is 1110. The number of aromatic nitrogens is 1. The summed E-state index contributed by atoms with van der Waals surface area (Å²) in [5.41, 5.74) is 2.51. The maximum absolute atomic E-state index is 12.8. The standard InChI is InChI=1S/C21H19ClN2O2S2/c1-3-23-21(26)20-15-11-19(17-5-4-8-27-17)28-18-10-13(22)6-7-14(18)24(15)12(2)9-16(20)25/h4-10,19H,3,11H2,1-2H3,(H,23,26). The molecular formula is C21H19ClN2O2S2. The predicted molar refractivity (Wildman–Crippen MR) is 116 cm³/mol. The van der Waals surface area contributed by atoms with Gasteiger partial charge in [-0.1, -0.05) is 17.7 Å². The zero-order chi connectivity index (χ0) is 19.8. The van der Waals surface area contributed by atoms with Gasteiger partial charge in [0.1, 0.15) is 5.56 Å². The molecule has 1 amide bonds. The van der Waals surface area contributed by atoms with Crippen molar-refractivity contribution in [3.63, 3.8) is 0 Å². The molecule has 4 nitrogen and oxygen atoms in total. The van der Waals surface area contributed by atoms with Crippen LogP contribution in [0.25, 0.3) is 5.69 Å². The molecule has 0 saturated carbocycles. The molecule has 1 unspecified atom stereocenters. The number of benzene rings is 1. The number of thiophene rings is 1. The highest BCUT2D eigenvalue weighted by Crippen LogP contribution is 2.46. The number of carbonyl (C=O) groups is 1. The van der Waals surface area contributed by atoms with Crippen molar-refractivity contribution >= 4 is 40.6 Å². The number of thioether (sulfide) groups is 1. The molecule has 144 valence electrons. The monoisotopic (exact) mass is 430 g/mol. The summed E-state index contributed by atoms with van der Waals surface area (Å²) in [5, 5.41) is 5.61. The summed E-state index contributed by atoms with van der Waals surface area (Å²) in [4.78, 5) is 27.8. The number of aryl methyl sites for hydroxylation is 1. The van der Waals surface area contributed by atoms with Crippen molar-refractivity contribution in [3.05, 3.63) is 78.9 Å². The molecule has 3 heterocycles. The molecule has 0 saturated heterocycles. The smallest absolute Gasteiger partial charge is 0.257 e. The Kier molecular flexibility index (Phi) is 5.36. The zero-order valence-electron chi connectivity index (χ0n) is 15.5. The number of halogens is 1. The van der Waals surface area contributed by atoms with Gasteiger partial charge in [0.25, 0.3) is 5.91 Å². The van der Waals surface area contributed by atoms with E-state index in [0.717, 1.165) is 22.0 Å². The Morgan fingerprint density at radius 3 is 2.86 bits per heavy atom. The van der Waals surface area contributed by atoms with E-state index in [9.17, 15) is 9.59 Å². The number of rotatable bonds is 3. The fraction of sp³-hybridized carbons (Fsp3) is 0.238. The Labute approximate surface area is 176 Å². The average molecular weight is 431 g/mol. The first-order chi connectivity index (χ1) is 13.5. The first-order valence-electron chi connectivity index (χ1n) is 9.03. The van der Waals surface area contributed by atoms with Crippen LogP contribution in [0.4, 0.5) is 0 Å². The zero-order valence-corrected chi connectivity index (χ0v) is 17.9. The molecule has 3 aromatic rings. The molecule has 0 bridgehead atoms. The molecule has 1 N–H and O–H groups in total. The lowest BCUT2D eigenvalue weighted by molar-refractivity contribution is 0.0953. The quantitative estimate of drug-likeness (QED) is 0.636. The fourth-order valence-electron chi connectivity index (χ4n) is 3.58. The summed E-state index contributed by atoms with van der Waals surface area (Å²) in [6.45, 7) is 4.23. The van der Waals surface area contributed by atoms with Gasteiger partial charge in [0.15, 0.2) is 5.43 Å². The maximum atomic E-state index is 12.8. The van der Waals surface area contributed by atoms with Crippen LogP contribution in [-0.4, -0.2) is 17.0 Å². The van der Waals surface area contributed by atoms with Crippen molar-refractivity contribution in [3.8, 4) is 5.69 Å². The summed E-state index contributed by atoms with van der Waals surface area (Å²) in [6, 6.07) is 11.4. The first-order valence-corrected chi connectivity index (χ1v) is 11.2. The summed E-state index contributed by atoms with van der Waals surface area (Å²) >= 11 is 9.69. The van der Waals surface area contributed by atoms with E-state index in [0.29, 0.717) is 18.0 Å². The van der Waals surface area contributed by atoms with E-state index < -0.39 is 0 Å². The molecule has 0 aliphatic carbocycles. The Morgan fingerprint density at radius 1 is 1.32 bits per heavy atom. The SMILES string of the molecule is CCNC(=O)c1c2n(c(C)cc1=O)-c1ccc(Cl)cc1SC(c1cccs1)C2.